The molecule has 1 aromatic heterocycles. The maximum Gasteiger partial charge on any atom is 0.136 e. The monoisotopic (exact) mass is 722 g/mol. The standard InChI is InChI=1S/C52H27B5O/c53-48-47(49(54)51(56)52(57)50(48)55)46-36-21-10-6-17-32(36)43(33-18-7-11-22-37(33)46)29-25-26-38-41(27-29)58-40-24-12-23-39(45(38)40)44-34-19-8-4-15-30(34)42(28-13-2-1-3-14-28)31-16-5-9-20-35(31)44/h1-27H. The summed E-state index contributed by atoms with van der Waals surface area (Å²) >= 11 is 0. The molecule has 10 aromatic carbocycles. The van der Waals surface area contributed by atoms with Gasteiger partial charge in [0.25, 0.3) is 0 Å². The van der Waals surface area contributed by atoms with E-state index in [1.807, 2.05) is 24.3 Å². The summed E-state index contributed by atoms with van der Waals surface area (Å²) < 4.78 is 6.81. The van der Waals surface area contributed by atoms with Gasteiger partial charge in [-0.05, 0) is 106 Å². The third kappa shape index (κ3) is 4.97. The van der Waals surface area contributed by atoms with Crippen molar-refractivity contribution in [3.05, 3.63) is 164 Å². The fourth-order valence-corrected chi connectivity index (χ4v) is 9.35. The molecule has 0 N–H and O–H groups in total. The molecule has 11 aromatic rings. The maximum absolute atomic E-state index is 6.81. The lowest BCUT2D eigenvalue weighted by atomic mass is 9.59. The van der Waals surface area contributed by atoms with Gasteiger partial charge in [-0.25, -0.2) is 0 Å². The first-order valence-corrected chi connectivity index (χ1v) is 19.3. The van der Waals surface area contributed by atoms with Gasteiger partial charge < -0.3 is 4.42 Å². The molecule has 0 atom stereocenters. The lowest BCUT2D eigenvalue weighted by Crippen LogP contribution is -2.55. The number of benzene rings is 10. The molecule has 0 saturated carbocycles. The van der Waals surface area contributed by atoms with Crippen LogP contribution < -0.4 is 27.3 Å². The van der Waals surface area contributed by atoms with Crippen molar-refractivity contribution in [1.82, 2.24) is 0 Å². The van der Waals surface area contributed by atoms with E-state index < -0.39 is 0 Å². The Morgan fingerprint density at radius 3 is 1.22 bits per heavy atom. The van der Waals surface area contributed by atoms with E-state index in [1.54, 1.807) is 0 Å². The van der Waals surface area contributed by atoms with Crippen LogP contribution in [0.25, 0.3) is 110 Å². The van der Waals surface area contributed by atoms with E-state index in [0.29, 0.717) is 16.5 Å². The second-order valence-electron chi connectivity index (χ2n) is 15.0. The highest BCUT2D eigenvalue weighted by molar-refractivity contribution is 6.69. The third-order valence-corrected chi connectivity index (χ3v) is 11.9. The normalized spacial score (nSPS) is 11.8. The molecule has 0 aliphatic heterocycles. The van der Waals surface area contributed by atoms with Gasteiger partial charge in [0.15, 0.2) is 0 Å². The zero-order valence-corrected chi connectivity index (χ0v) is 31.4. The molecule has 0 bridgehead atoms. The predicted octanol–water partition coefficient (Wildman–Crippen LogP) is 8.84. The Kier molecular flexibility index (Phi) is 7.88. The first kappa shape index (κ1) is 34.6. The molecule has 0 unspecified atom stereocenters. The fraction of sp³-hybridized carbons (Fsp3) is 0. The van der Waals surface area contributed by atoms with Crippen LogP contribution in [-0.2, 0) is 0 Å². The van der Waals surface area contributed by atoms with Crippen molar-refractivity contribution in [2.24, 2.45) is 0 Å². The molecule has 58 heavy (non-hydrogen) atoms. The van der Waals surface area contributed by atoms with Gasteiger partial charge in [0.1, 0.15) is 50.4 Å². The minimum absolute atomic E-state index is 0.192. The summed E-state index contributed by atoms with van der Waals surface area (Å²) in [5.74, 6) is 0. The quantitative estimate of drug-likeness (QED) is 0.131. The Bertz CT molecular complexity index is 3370. The Morgan fingerprint density at radius 2 is 0.707 bits per heavy atom. The average Bonchev–Trinajstić information content (AvgIpc) is 3.65. The van der Waals surface area contributed by atoms with E-state index in [0.717, 1.165) is 65.7 Å². The molecule has 0 saturated heterocycles. The lowest BCUT2D eigenvalue weighted by molar-refractivity contribution is 0.669. The molecule has 0 fully saturated rings. The van der Waals surface area contributed by atoms with E-state index in [2.05, 4.69) is 140 Å². The minimum atomic E-state index is 0.192. The zero-order valence-electron chi connectivity index (χ0n) is 31.4. The van der Waals surface area contributed by atoms with Crippen LogP contribution in [0.5, 0.6) is 0 Å². The highest BCUT2D eigenvalue weighted by atomic mass is 16.3. The van der Waals surface area contributed by atoms with Crippen molar-refractivity contribution >= 4 is 132 Å². The summed E-state index contributed by atoms with van der Waals surface area (Å²) in [6.07, 6.45) is 0. The summed E-state index contributed by atoms with van der Waals surface area (Å²) in [6, 6.07) is 57.8. The first-order valence-electron chi connectivity index (χ1n) is 19.3. The van der Waals surface area contributed by atoms with Crippen LogP contribution in [0, 0.1) is 0 Å². The van der Waals surface area contributed by atoms with Gasteiger partial charge >= 0.3 is 0 Å². The smallest absolute Gasteiger partial charge is 0.136 e. The highest BCUT2D eigenvalue weighted by Crippen LogP contribution is 2.48. The summed E-state index contributed by atoms with van der Waals surface area (Å²) in [5.41, 5.74) is 11.2. The third-order valence-electron chi connectivity index (χ3n) is 11.9. The topological polar surface area (TPSA) is 13.1 Å². The van der Waals surface area contributed by atoms with Crippen LogP contribution in [0.1, 0.15) is 0 Å². The summed E-state index contributed by atoms with van der Waals surface area (Å²) in [4.78, 5) is 0. The highest BCUT2D eigenvalue weighted by Gasteiger charge is 2.23. The first-order chi connectivity index (χ1) is 28.4. The lowest BCUT2D eigenvalue weighted by Gasteiger charge is -2.25. The predicted molar refractivity (Wildman–Crippen MR) is 252 cm³/mol. The molecular weight excluding hydrogens is 695 g/mol. The Hall–Kier alpha value is -6.64. The molecule has 0 aliphatic carbocycles. The minimum Gasteiger partial charge on any atom is -0.456 e. The van der Waals surface area contributed by atoms with Gasteiger partial charge in [-0.2, -0.15) is 0 Å². The van der Waals surface area contributed by atoms with Gasteiger partial charge in [0, 0.05) is 10.8 Å². The van der Waals surface area contributed by atoms with E-state index in [4.69, 9.17) is 43.6 Å². The van der Waals surface area contributed by atoms with Crippen LogP contribution >= 0.6 is 0 Å². The van der Waals surface area contributed by atoms with Crippen LogP contribution in [0.15, 0.2) is 168 Å². The summed E-state index contributed by atoms with van der Waals surface area (Å²) in [6.45, 7) is 0. The van der Waals surface area contributed by atoms with Gasteiger partial charge in [0.05, 0.1) is 0 Å². The van der Waals surface area contributed by atoms with Crippen LogP contribution in [-0.4, -0.2) is 39.2 Å². The van der Waals surface area contributed by atoms with Crippen molar-refractivity contribution in [2.45, 2.75) is 0 Å². The molecular formula is C52H27B5O. The second kappa shape index (κ2) is 13.2. The summed E-state index contributed by atoms with van der Waals surface area (Å²) in [7, 11) is 32.5. The van der Waals surface area contributed by atoms with Gasteiger partial charge in [0.2, 0.25) is 0 Å². The van der Waals surface area contributed by atoms with Crippen molar-refractivity contribution in [3.8, 4) is 44.5 Å². The molecule has 0 amide bonds. The van der Waals surface area contributed by atoms with E-state index in [9.17, 15) is 0 Å². The zero-order chi connectivity index (χ0) is 39.2. The molecule has 1 nitrogen and oxygen atoms in total. The van der Waals surface area contributed by atoms with Crippen LogP contribution in [0.2, 0.25) is 0 Å². The molecule has 0 spiro atoms. The van der Waals surface area contributed by atoms with Gasteiger partial charge in [-0.1, -0.05) is 157 Å². The Labute approximate surface area is 342 Å². The number of fused-ring (bicyclic) bond motifs is 7. The maximum atomic E-state index is 6.81. The number of hydrogen-bond donors (Lipinski definition) is 0. The molecule has 10 radical (unpaired) electrons. The largest absolute Gasteiger partial charge is 0.456 e. The van der Waals surface area contributed by atoms with Crippen molar-refractivity contribution in [3.63, 3.8) is 0 Å². The SMILES string of the molecule is [B]c1c([B])c([B])c(-c2c3ccccc3c(-c3ccc4c(c3)oc3cccc(-c5c6ccccc6c(-c6ccccc6)c6ccccc56)c34)c3ccccc23)c([B])c1[B]. The van der Waals surface area contributed by atoms with Gasteiger partial charge in [-0.15, -0.1) is 16.4 Å². The van der Waals surface area contributed by atoms with Crippen LogP contribution in [0.3, 0.4) is 0 Å². The van der Waals surface area contributed by atoms with E-state index in [1.165, 1.54) is 38.2 Å². The molecule has 1 heterocycles. The Balaban J connectivity index is 1.18. The van der Waals surface area contributed by atoms with Crippen molar-refractivity contribution < 1.29 is 4.42 Å². The molecule has 0 aliphatic rings. The fourth-order valence-electron chi connectivity index (χ4n) is 9.35. The number of rotatable bonds is 4. The van der Waals surface area contributed by atoms with Crippen molar-refractivity contribution in [1.29, 1.82) is 0 Å². The summed E-state index contributed by atoms with van der Waals surface area (Å²) in [5, 5.41) is 10.9. The molecule has 11 rings (SSSR count). The Morgan fingerprint density at radius 1 is 0.276 bits per heavy atom. The van der Waals surface area contributed by atoms with E-state index >= 15 is 0 Å². The van der Waals surface area contributed by atoms with Crippen molar-refractivity contribution in [2.75, 3.05) is 0 Å². The molecule has 6 heteroatoms. The number of hydrogen-bond acceptors (Lipinski definition) is 1. The van der Waals surface area contributed by atoms with Crippen LogP contribution in [0.4, 0.5) is 0 Å². The molecule has 256 valence electrons. The van der Waals surface area contributed by atoms with Gasteiger partial charge in [-0.3, -0.25) is 0 Å². The second-order valence-corrected chi connectivity index (χ2v) is 15.0. The average molecular weight is 722 g/mol. The van der Waals surface area contributed by atoms with E-state index in [-0.39, 0.29) is 16.4 Å². The number of furan rings is 1.